The highest BCUT2D eigenvalue weighted by molar-refractivity contribution is 7.89. The molecule has 6 nitrogen and oxygen atoms in total. The van der Waals surface area contributed by atoms with Crippen molar-refractivity contribution in [2.45, 2.75) is 25.2 Å². The van der Waals surface area contributed by atoms with Gasteiger partial charge in [0, 0.05) is 42.6 Å². The first kappa shape index (κ1) is 22.1. The van der Waals surface area contributed by atoms with Crippen molar-refractivity contribution in [1.82, 2.24) is 14.6 Å². The number of sulfonamides is 1. The fourth-order valence-corrected chi connectivity index (χ4v) is 5.42. The van der Waals surface area contributed by atoms with Crippen LogP contribution in [0.3, 0.4) is 0 Å². The Hall–Kier alpha value is -2.55. The lowest BCUT2D eigenvalue weighted by molar-refractivity contribution is 0.0954. The molecule has 0 fully saturated rings. The van der Waals surface area contributed by atoms with Gasteiger partial charge in [-0.1, -0.05) is 50.2 Å². The van der Waals surface area contributed by atoms with Crippen molar-refractivity contribution in [2.75, 3.05) is 19.6 Å². The summed E-state index contributed by atoms with van der Waals surface area (Å²) in [5.74, 6) is -0.301. The van der Waals surface area contributed by atoms with Crippen molar-refractivity contribution < 1.29 is 13.2 Å². The van der Waals surface area contributed by atoms with Crippen molar-refractivity contribution in [3.05, 3.63) is 71.2 Å². The summed E-state index contributed by atoms with van der Waals surface area (Å²) in [5, 5.41) is 5.79. The summed E-state index contributed by atoms with van der Waals surface area (Å²) in [4.78, 5) is 17.3. The van der Waals surface area contributed by atoms with E-state index in [0.29, 0.717) is 31.6 Å². The highest BCUT2D eigenvalue weighted by Gasteiger charge is 2.22. The number of aromatic nitrogens is 1. The second kappa shape index (κ2) is 9.97. The number of hydrogen-bond donors (Lipinski definition) is 1. The van der Waals surface area contributed by atoms with Gasteiger partial charge in [0.1, 0.15) is 5.01 Å². The molecule has 0 bridgehead atoms. The molecule has 0 saturated carbocycles. The van der Waals surface area contributed by atoms with E-state index in [-0.39, 0.29) is 10.8 Å². The number of carbonyl (C=O) groups excluding carboxylic acids is 1. The van der Waals surface area contributed by atoms with E-state index in [1.54, 1.807) is 37.3 Å². The van der Waals surface area contributed by atoms with Crippen molar-refractivity contribution in [3.63, 3.8) is 0 Å². The summed E-state index contributed by atoms with van der Waals surface area (Å²) >= 11 is 1.57. The maximum atomic E-state index is 12.7. The van der Waals surface area contributed by atoms with Gasteiger partial charge in [-0.25, -0.2) is 13.4 Å². The zero-order valence-corrected chi connectivity index (χ0v) is 18.7. The van der Waals surface area contributed by atoms with Crippen LogP contribution in [0.4, 0.5) is 0 Å². The molecule has 0 aliphatic rings. The molecule has 8 heteroatoms. The molecule has 30 heavy (non-hydrogen) atoms. The van der Waals surface area contributed by atoms with Crippen LogP contribution in [-0.2, 0) is 16.4 Å². The quantitative estimate of drug-likeness (QED) is 0.545. The zero-order chi connectivity index (χ0) is 21.6. The fraction of sp³-hybridized carbons (Fsp3) is 0.273. The number of rotatable bonds is 9. The van der Waals surface area contributed by atoms with Gasteiger partial charge in [0.2, 0.25) is 10.0 Å². The van der Waals surface area contributed by atoms with Crippen molar-refractivity contribution in [2.24, 2.45) is 0 Å². The minimum Gasteiger partial charge on any atom is -0.352 e. The first-order valence-electron chi connectivity index (χ1n) is 9.84. The minimum atomic E-state index is -3.60. The lowest BCUT2D eigenvalue weighted by Gasteiger charge is -2.18. The van der Waals surface area contributed by atoms with Gasteiger partial charge < -0.3 is 5.32 Å². The number of hydrogen-bond acceptors (Lipinski definition) is 5. The second-order valence-corrected chi connectivity index (χ2v) is 9.43. The largest absolute Gasteiger partial charge is 0.352 e. The third kappa shape index (κ3) is 5.13. The van der Waals surface area contributed by atoms with Crippen LogP contribution >= 0.6 is 11.3 Å². The lowest BCUT2D eigenvalue weighted by Crippen LogP contribution is -2.31. The standard InChI is InChI=1S/C22H25N3O3S2/c1-3-25(4-2)30(27,28)20-12-8-11-18(15-20)21(26)23-14-13-19-16-29-22(24-19)17-9-6-5-7-10-17/h5-12,15-16H,3-4,13-14H2,1-2H3,(H,23,26). The molecule has 0 spiro atoms. The summed E-state index contributed by atoms with van der Waals surface area (Å²) in [6.45, 7) is 4.77. The fourth-order valence-electron chi connectivity index (χ4n) is 3.05. The van der Waals surface area contributed by atoms with E-state index in [2.05, 4.69) is 10.3 Å². The SMILES string of the molecule is CCN(CC)S(=O)(=O)c1cccc(C(=O)NCCc2csc(-c3ccccc3)n2)c1. The molecule has 0 radical (unpaired) electrons. The van der Waals surface area contributed by atoms with Crippen LogP contribution in [0.5, 0.6) is 0 Å². The van der Waals surface area contributed by atoms with Crippen LogP contribution < -0.4 is 5.32 Å². The minimum absolute atomic E-state index is 0.130. The van der Waals surface area contributed by atoms with E-state index < -0.39 is 10.0 Å². The van der Waals surface area contributed by atoms with Crippen LogP contribution in [-0.4, -0.2) is 43.2 Å². The Morgan fingerprint density at radius 1 is 1.07 bits per heavy atom. The maximum Gasteiger partial charge on any atom is 0.251 e. The molecule has 0 aliphatic carbocycles. The predicted octanol–water partition coefficient (Wildman–Crippen LogP) is 3.81. The van der Waals surface area contributed by atoms with E-state index in [1.807, 2.05) is 35.7 Å². The number of nitrogens with one attached hydrogen (secondary N) is 1. The van der Waals surface area contributed by atoms with Crippen molar-refractivity contribution in [3.8, 4) is 10.6 Å². The van der Waals surface area contributed by atoms with Crippen LogP contribution in [0.25, 0.3) is 10.6 Å². The van der Waals surface area contributed by atoms with Gasteiger partial charge in [-0.3, -0.25) is 4.79 Å². The van der Waals surface area contributed by atoms with Crippen LogP contribution in [0.15, 0.2) is 64.9 Å². The molecule has 3 aromatic rings. The number of nitrogens with zero attached hydrogens (tertiary/aromatic N) is 2. The Kier molecular flexibility index (Phi) is 7.36. The first-order valence-corrected chi connectivity index (χ1v) is 12.2. The molecule has 0 unspecified atom stereocenters. The van der Waals surface area contributed by atoms with E-state index in [9.17, 15) is 13.2 Å². The van der Waals surface area contributed by atoms with E-state index >= 15 is 0 Å². The molecule has 0 aliphatic heterocycles. The average molecular weight is 444 g/mol. The zero-order valence-electron chi connectivity index (χ0n) is 17.0. The van der Waals surface area contributed by atoms with Crippen LogP contribution in [0.1, 0.15) is 29.9 Å². The van der Waals surface area contributed by atoms with Crippen molar-refractivity contribution >= 4 is 27.3 Å². The molecule has 3 rings (SSSR count). The van der Waals surface area contributed by atoms with Gasteiger partial charge in [-0.05, 0) is 18.2 Å². The maximum absolute atomic E-state index is 12.7. The Morgan fingerprint density at radius 2 is 1.80 bits per heavy atom. The Morgan fingerprint density at radius 3 is 2.50 bits per heavy atom. The number of carbonyl (C=O) groups is 1. The normalized spacial score (nSPS) is 11.6. The molecule has 1 amide bonds. The van der Waals surface area contributed by atoms with Gasteiger partial charge >= 0.3 is 0 Å². The van der Waals surface area contributed by atoms with E-state index in [0.717, 1.165) is 16.3 Å². The van der Waals surface area contributed by atoms with Gasteiger partial charge in [0.25, 0.3) is 5.91 Å². The molecule has 158 valence electrons. The Labute approximate surface area is 181 Å². The first-order chi connectivity index (χ1) is 14.5. The van der Waals surface area contributed by atoms with Gasteiger partial charge in [-0.15, -0.1) is 11.3 Å². The highest BCUT2D eigenvalue weighted by atomic mass is 32.2. The molecule has 1 N–H and O–H groups in total. The summed E-state index contributed by atoms with van der Waals surface area (Å²) < 4.78 is 26.7. The molecule has 2 aromatic carbocycles. The van der Waals surface area contributed by atoms with Gasteiger partial charge in [0.05, 0.1) is 10.6 Å². The van der Waals surface area contributed by atoms with E-state index in [4.69, 9.17) is 0 Å². The number of thiazole rings is 1. The van der Waals surface area contributed by atoms with Crippen LogP contribution in [0.2, 0.25) is 0 Å². The molecule has 0 saturated heterocycles. The monoisotopic (exact) mass is 443 g/mol. The smallest absolute Gasteiger partial charge is 0.251 e. The number of amides is 1. The molecular weight excluding hydrogens is 418 g/mol. The Balaban J connectivity index is 1.61. The Bertz CT molecular complexity index is 1090. The third-order valence-corrected chi connectivity index (χ3v) is 7.66. The highest BCUT2D eigenvalue weighted by Crippen LogP contribution is 2.23. The topological polar surface area (TPSA) is 79.4 Å². The van der Waals surface area contributed by atoms with Crippen LogP contribution in [0, 0.1) is 0 Å². The van der Waals surface area contributed by atoms with Gasteiger partial charge in [-0.2, -0.15) is 4.31 Å². The summed E-state index contributed by atoms with van der Waals surface area (Å²) in [6.07, 6.45) is 0.604. The summed E-state index contributed by atoms with van der Waals surface area (Å²) in [7, 11) is -3.60. The van der Waals surface area contributed by atoms with Crippen molar-refractivity contribution in [1.29, 1.82) is 0 Å². The lowest BCUT2D eigenvalue weighted by atomic mass is 10.2. The molecular formula is C22H25N3O3S2. The molecule has 1 heterocycles. The number of benzene rings is 2. The molecule has 0 atom stereocenters. The summed E-state index contributed by atoms with van der Waals surface area (Å²) in [5.41, 5.74) is 2.31. The summed E-state index contributed by atoms with van der Waals surface area (Å²) in [6, 6.07) is 16.1. The molecule has 1 aromatic heterocycles. The van der Waals surface area contributed by atoms with Gasteiger partial charge in [0.15, 0.2) is 0 Å². The average Bonchev–Trinajstić information content (AvgIpc) is 3.24. The van der Waals surface area contributed by atoms with E-state index in [1.165, 1.54) is 16.4 Å². The second-order valence-electron chi connectivity index (χ2n) is 6.63. The predicted molar refractivity (Wildman–Crippen MR) is 120 cm³/mol. The third-order valence-electron chi connectivity index (χ3n) is 4.68.